The second kappa shape index (κ2) is 5.77. The van der Waals surface area contributed by atoms with Gasteiger partial charge >= 0.3 is 6.03 Å². The van der Waals surface area contributed by atoms with E-state index in [4.69, 9.17) is 5.11 Å². The summed E-state index contributed by atoms with van der Waals surface area (Å²) in [5.41, 5.74) is 0. The van der Waals surface area contributed by atoms with Crippen molar-refractivity contribution >= 4 is 11.9 Å². The minimum Gasteiger partial charge on any atom is -0.396 e. The van der Waals surface area contributed by atoms with Crippen molar-refractivity contribution < 1.29 is 14.7 Å². The van der Waals surface area contributed by atoms with Crippen molar-refractivity contribution in [1.29, 1.82) is 0 Å². The fourth-order valence-electron chi connectivity index (χ4n) is 2.76. The second-order valence-corrected chi connectivity index (χ2v) is 5.75. The van der Waals surface area contributed by atoms with Gasteiger partial charge in [-0.05, 0) is 12.8 Å². The maximum absolute atomic E-state index is 12.3. The summed E-state index contributed by atoms with van der Waals surface area (Å²) in [5, 5.41) is 8.98. The lowest BCUT2D eigenvalue weighted by Crippen LogP contribution is -2.56. The van der Waals surface area contributed by atoms with E-state index >= 15 is 0 Å². The van der Waals surface area contributed by atoms with E-state index in [1.54, 1.807) is 28.8 Å². The van der Waals surface area contributed by atoms with Crippen molar-refractivity contribution in [3.8, 4) is 0 Å². The summed E-state index contributed by atoms with van der Waals surface area (Å²) in [5.74, 6) is 0.310. The number of urea groups is 1. The molecule has 0 aromatic rings. The van der Waals surface area contributed by atoms with Gasteiger partial charge in [-0.25, -0.2) is 4.79 Å². The maximum atomic E-state index is 12.3. The predicted molar refractivity (Wildman–Crippen MR) is 70.5 cm³/mol. The Balaban J connectivity index is 1.87. The molecule has 6 heteroatoms. The van der Waals surface area contributed by atoms with Gasteiger partial charge in [0.1, 0.15) is 0 Å². The molecule has 2 saturated heterocycles. The van der Waals surface area contributed by atoms with Crippen molar-refractivity contribution in [3.05, 3.63) is 0 Å². The van der Waals surface area contributed by atoms with E-state index in [1.165, 1.54) is 0 Å². The third kappa shape index (κ3) is 3.00. The lowest BCUT2D eigenvalue weighted by atomic mass is 9.93. The van der Waals surface area contributed by atoms with Crippen LogP contribution in [0.1, 0.15) is 12.8 Å². The first kappa shape index (κ1) is 14.1. The van der Waals surface area contributed by atoms with E-state index in [-0.39, 0.29) is 30.4 Å². The summed E-state index contributed by atoms with van der Waals surface area (Å²) in [6.07, 6.45) is 1.74. The molecule has 2 fully saturated rings. The minimum atomic E-state index is -0.0720. The molecular formula is C13H23N3O3. The molecule has 1 N–H and O–H groups in total. The molecule has 19 heavy (non-hydrogen) atoms. The maximum Gasteiger partial charge on any atom is 0.319 e. The van der Waals surface area contributed by atoms with Crippen molar-refractivity contribution in [2.75, 3.05) is 46.9 Å². The van der Waals surface area contributed by atoms with Crippen LogP contribution in [0.2, 0.25) is 0 Å². The first-order valence-electron chi connectivity index (χ1n) is 6.88. The molecule has 2 heterocycles. The van der Waals surface area contributed by atoms with E-state index in [2.05, 4.69) is 0 Å². The fraction of sp³-hybridized carbons (Fsp3) is 0.846. The number of carbonyl (C=O) groups excluding carboxylic acids is 2. The van der Waals surface area contributed by atoms with Gasteiger partial charge in [-0.1, -0.05) is 0 Å². The van der Waals surface area contributed by atoms with Gasteiger partial charge < -0.3 is 19.8 Å². The average Bonchev–Trinajstić information content (AvgIpc) is 2.36. The third-order valence-electron chi connectivity index (χ3n) is 3.95. The number of rotatable bonds is 2. The van der Waals surface area contributed by atoms with Crippen LogP contribution >= 0.6 is 0 Å². The number of nitrogens with zero attached hydrogens (tertiary/aromatic N) is 3. The monoisotopic (exact) mass is 269 g/mol. The van der Waals surface area contributed by atoms with Crippen LogP contribution in [0.3, 0.4) is 0 Å². The standard InChI is InChI=1S/C13H23N3O3/c1-14(2)13(19)15-5-3-4-11(8-15)12(18)16-6-10(7-16)9-17/h10-11,17H,3-9H2,1-2H3. The Bertz CT molecular complexity index is 353. The van der Waals surface area contributed by atoms with Crippen LogP contribution < -0.4 is 0 Å². The Hall–Kier alpha value is -1.30. The fourth-order valence-corrected chi connectivity index (χ4v) is 2.76. The molecule has 6 nitrogen and oxygen atoms in total. The van der Waals surface area contributed by atoms with E-state index in [0.29, 0.717) is 19.6 Å². The van der Waals surface area contributed by atoms with Crippen LogP contribution in [-0.2, 0) is 4.79 Å². The summed E-state index contributed by atoms with van der Waals surface area (Å²) in [6, 6.07) is -0.0191. The first-order chi connectivity index (χ1) is 9.02. The number of hydrogen-bond donors (Lipinski definition) is 1. The van der Waals surface area contributed by atoms with Crippen LogP contribution in [0, 0.1) is 11.8 Å². The molecule has 2 aliphatic heterocycles. The van der Waals surface area contributed by atoms with E-state index < -0.39 is 0 Å². The molecular weight excluding hydrogens is 246 g/mol. The van der Waals surface area contributed by atoms with Crippen LogP contribution in [0.5, 0.6) is 0 Å². The highest BCUT2D eigenvalue weighted by molar-refractivity contribution is 5.81. The molecule has 2 aliphatic rings. The van der Waals surface area contributed by atoms with E-state index in [0.717, 1.165) is 19.4 Å². The summed E-state index contributed by atoms with van der Waals surface area (Å²) in [7, 11) is 3.46. The Morgan fingerprint density at radius 2 is 1.89 bits per heavy atom. The van der Waals surface area contributed by atoms with Crippen LogP contribution in [0.25, 0.3) is 0 Å². The second-order valence-electron chi connectivity index (χ2n) is 5.75. The summed E-state index contributed by atoms with van der Waals surface area (Å²) < 4.78 is 0. The third-order valence-corrected chi connectivity index (χ3v) is 3.95. The predicted octanol–water partition coefficient (Wildman–Crippen LogP) is -0.169. The molecule has 108 valence electrons. The molecule has 0 bridgehead atoms. The zero-order chi connectivity index (χ0) is 14.0. The highest BCUT2D eigenvalue weighted by Crippen LogP contribution is 2.24. The van der Waals surface area contributed by atoms with Crippen molar-refractivity contribution in [2.24, 2.45) is 11.8 Å². The zero-order valence-electron chi connectivity index (χ0n) is 11.7. The molecule has 1 atom stereocenters. The van der Waals surface area contributed by atoms with Crippen LogP contribution in [0.15, 0.2) is 0 Å². The molecule has 0 aromatic heterocycles. The zero-order valence-corrected chi connectivity index (χ0v) is 11.7. The number of aliphatic hydroxyl groups excluding tert-OH is 1. The first-order valence-corrected chi connectivity index (χ1v) is 6.88. The number of aliphatic hydroxyl groups is 1. The van der Waals surface area contributed by atoms with Gasteiger partial charge in [0.2, 0.25) is 5.91 Å². The topological polar surface area (TPSA) is 64.1 Å². The van der Waals surface area contributed by atoms with Gasteiger partial charge in [-0.15, -0.1) is 0 Å². The van der Waals surface area contributed by atoms with Gasteiger partial charge in [-0.3, -0.25) is 4.79 Å². The molecule has 1 unspecified atom stereocenters. The number of piperidine rings is 1. The smallest absolute Gasteiger partial charge is 0.319 e. The molecule has 0 aromatic carbocycles. The molecule has 2 rings (SSSR count). The Morgan fingerprint density at radius 3 is 2.47 bits per heavy atom. The highest BCUT2D eigenvalue weighted by Gasteiger charge is 2.36. The number of hydrogen-bond acceptors (Lipinski definition) is 3. The quantitative estimate of drug-likeness (QED) is 0.757. The summed E-state index contributed by atoms with van der Waals surface area (Å²) in [4.78, 5) is 29.3. The highest BCUT2D eigenvalue weighted by atomic mass is 16.3. The normalized spacial score (nSPS) is 24.1. The van der Waals surface area contributed by atoms with Gasteiger partial charge in [0, 0.05) is 52.8 Å². The Labute approximate surface area is 114 Å². The average molecular weight is 269 g/mol. The lowest BCUT2D eigenvalue weighted by Gasteiger charge is -2.42. The Morgan fingerprint density at radius 1 is 1.21 bits per heavy atom. The molecule has 0 saturated carbocycles. The van der Waals surface area contributed by atoms with Crippen LogP contribution in [-0.4, -0.2) is 78.6 Å². The van der Waals surface area contributed by atoms with Crippen molar-refractivity contribution in [2.45, 2.75) is 12.8 Å². The molecule has 0 aliphatic carbocycles. The largest absolute Gasteiger partial charge is 0.396 e. The summed E-state index contributed by atoms with van der Waals surface area (Å²) in [6.45, 7) is 2.73. The van der Waals surface area contributed by atoms with Crippen molar-refractivity contribution in [1.82, 2.24) is 14.7 Å². The molecule has 0 spiro atoms. The molecule has 3 amide bonds. The van der Waals surface area contributed by atoms with Gasteiger partial charge in [0.05, 0.1) is 5.92 Å². The summed E-state index contributed by atoms with van der Waals surface area (Å²) >= 11 is 0. The number of likely N-dealkylation sites (tertiary alicyclic amines) is 2. The van der Waals surface area contributed by atoms with Crippen molar-refractivity contribution in [3.63, 3.8) is 0 Å². The van der Waals surface area contributed by atoms with E-state index in [1.807, 2.05) is 0 Å². The number of carbonyl (C=O) groups is 2. The van der Waals surface area contributed by atoms with E-state index in [9.17, 15) is 9.59 Å². The number of amides is 3. The van der Waals surface area contributed by atoms with Crippen LogP contribution in [0.4, 0.5) is 4.79 Å². The lowest BCUT2D eigenvalue weighted by molar-refractivity contribution is -0.144. The minimum absolute atomic E-state index is 0.0191. The van der Waals surface area contributed by atoms with Gasteiger partial charge in [0.25, 0.3) is 0 Å². The Kier molecular flexibility index (Phi) is 4.29. The van der Waals surface area contributed by atoms with Gasteiger partial charge in [0.15, 0.2) is 0 Å². The van der Waals surface area contributed by atoms with Gasteiger partial charge in [-0.2, -0.15) is 0 Å². The molecule has 0 radical (unpaired) electrons. The SMILES string of the molecule is CN(C)C(=O)N1CCCC(C(=O)N2CC(CO)C2)C1.